The second-order valence-electron chi connectivity index (χ2n) is 6.05. The van der Waals surface area contributed by atoms with Gasteiger partial charge >= 0.3 is 0 Å². The van der Waals surface area contributed by atoms with Crippen molar-refractivity contribution in [3.63, 3.8) is 0 Å². The fourth-order valence-electron chi connectivity index (χ4n) is 2.04. The van der Waals surface area contributed by atoms with Crippen LogP contribution in [-0.4, -0.2) is 15.5 Å². The second-order valence-corrected chi connectivity index (χ2v) is 7.89. The molecule has 0 spiro atoms. The molecule has 3 nitrogen and oxygen atoms in total. The molecule has 0 aliphatic carbocycles. The van der Waals surface area contributed by atoms with Crippen LogP contribution in [0.4, 0.5) is 0 Å². The molecule has 0 amide bonds. The Kier molecular flexibility index (Phi) is 4.68. The molecular weight excluding hydrogens is 266 g/mol. The molecule has 1 heterocycles. The quantitative estimate of drug-likeness (QED) is 0.667. The van der Waals surface area contributed by atoms with Crippen molar-refractivity contribution in [2.45, 2.75) is 38.5 Å². The predicted octanol–water partition coefficient (Wildman–Crippen LogP) is 3.58. The van der Waals surface area contributed by atoms with Gasteiger partial charge in [-0.15, -0.1) is 0 Å². The molecule has 0 radical (unpaired) electrons. The van der Waals surface area contributed by atoms with Gasteiger partial charge < -0.3 is 0 Å². The fraction of sp³-hybridized carbons (Fsp3) is 0.438. The SMILES string of the molecule is Cc1ccc2cc(C(CSC(C)(C)C)NN)ccc2n1. The Morgan fingerprint density at radius 2 is 2.00 bits per heavy atom. The number of nitrogens with two attached hydrogens (primary N) is 1. The minimum atomic E-state index is 0.157. The van der Waals surface area contributed by atoms with Crippen LogP contribution in [0.3, 0.4) is 0 Å². The van der Waals surface area contributed by atoms with Crippen molar-refractivity contribution in [3.05, 3.63) is 41.6 Å². The molecule has 0 bridgehead atoms. The van der Waals surface area contributed by atoms with Crippen LogP contribution in [0.25, 0.3) is 10.9 Å². The highest BCUT2D eigenvalue weighted by Crippen LogP contribution is 2.29. The molecule has 0 saturated carbocycles. The first-order chi connectivity index (χ1) is 9.39. The van der Waals surface area contributed by atoms with E-state index in [1.54, 1.807) is 0 Å². The average molecular weight is 289 g/mol. The molecule has 1 atom stereocenters. The molecule has 4 heteroatoms. The summed E-state index contributed by atoms with van der Waals surface area (Å²) in [7, 11) is 0. The van der Waals surface area contributed by atoms with Crippen LogP contribution < -0.4 is 11.3 Å². The summed E-state index contributed by atoms with van der Waals surface area (Å²) in [6, 6.07) is 10.7. The molecule has 2 rings (SSSR count). The largest absolute Gasteiger partial charge is 0.271 e. The minimum absolute atomic E-state index is 0.157. The number of hydrazine groups is 1. The first-order valence-corrected chi connectivity index (χ1v) is 7.85. The Morgan fingerprint density at radius 1 is 1.25 bits per heavy atom. The van der Waals surface area contributed by atoms with Gasteiger partial charge in [0.1, 0.15) is 0 Å². The lowest BCUT2D eigenvalue weighted by molar-refractivity contribution is 0.608. The van der Waals surface area contributed by atoms with Gasteiger partial charge in [-0.3, -0.25) is 16.3 Å². The monoisotopic (exact) mass is 289 g/mol. The van der Waals surface area contributed by atoms with Gasteiger partial charge in [-0.25, -0.2) is 0 Å². The van der Waals surface area contributed by atoms with Crippen molar-refractivity contribution in [2.75, 3.05) is 5.75 Å². The van der Waals surface area contributed by atoms with Gasteiger partial charge in [0.25, 0.3) is 0 Å². The summed E-state index contributed by atoms with van der Waals surface area (Å²) < 4.78 is 0.241. The summed E-state index contributed by atoms with van der Waals surface area (Å²) in [5, 5.41) is 1.16. The van der Waals surface area contributed by atoms with Gasteiger partial charge in [0, 0.05) is 21.6 Å². The van der Waals surface area contributed by atoms with Gasteiger partial charge in [-0.2, -0.15) is 11.8 Å². The molecule has 0 aliphatic heterocycles. The van der Waals surface area contributed by atoms with Crippen molar-refractivity contribution in [1.29, 1.82) is 0 Å². The number of fused-ring (bicyclic) bond motifs is 1. The van der Waals surface area contributed by atoms with E-state index in [1.165, 1.54) is 5.56 Å². The number of hydrogen-bond acceptors (Lipinski definition) is 4. The average Bonchev–Trinajstić information content (AvgIpc) is 2.38. The third-order valence-corrected chi connectivity index (χ3v) is 4.51. The Hall–Kier alpha value is -1.10. The number of nitrogens with zero attached hydrogens (tertiary/aromatic N) is 1. The first kappa shape index (κ1) is 15.3. The summed E-state index contributed by atoms with van der Waals surface area (Å²) >= 11 is 1.91. The molecule has 3 N–H and O–H groups in total. The number of nitrogens with one attached hydrogen (secondary N) is 1. The Balaban J connectivity index is 2.23. The van der Waals surface area contributed by atoms with E-state index in [1.807, 2.05) is 24.8 Å². The molecule has 1 unspecified atom stereocenters. The first-order valence-electron chi connectivity index (χ1n) is 6.86. The normalized spacial score (nSPS) is 13.7. The topological polar surface area (TPSA) is 50.9 Å². The van der Waals surface area contributed by atoms with Crippen LogP contribution in [0.5, 0.6) is 0 Å². The highest BCUT2D eigenvalue weighted by molar-refractivity contribution is 8.00. The number of rotatable bonds is 4. The van der Waals surface area contributed by atoms with Gasteiger partial charge in [-0.1, -0.05) is 32.9 Å². The van der Waals surface area contributed by atoms with E-state index in [-0.39, 0.29) is 10.8 Å². The van der Waals surface area contributed by atoms with Crippen molar-refractivity contribution >= 4 is 22.7 Å². The summed E-state index contributed by atoms with van der Waals surface area (Å²) in [5.74, 6) is 6.67. The lowest BCUT2D eigenvalue weighted by Gasteiger charge is -2.23. The maximum atomic E-state index is 5.72. The summed E-state index contributed by atoms with van der Waals surface area (Å²) in [5.41, 5.74) is 6.22. The number of benzene rings is 1. The van der Waals surface area contributed by atoms with E-state index in [0.717, 1.165) is 22.3 Å². The summed E-state index contributed by atoms with van der Waals surface area (Å²) in [6.45, 7) is 8.67. The minimum Gasteiger partial charge on any atom is -0.271 e. The summed E-state index contributed by atoms with van der Waals surface area (Å²) in [6.07, 6.45) is 0. The number of aryl methyl sites for hydroxylation is 1. The van der Waals surface area contributed by atoms with Crippen LogP contribution in [0.2, 0.25) is 0 Å². The number of hydrogen-bond donors (Lipinski definition) is 2. The molecule has 20 heavy (non-hydrogen) atoms. The van der Waals surface area contributed by atoms with E-state index < -0.39 is 0 Å². The highest BCUT2D eigenvalue weighted by Gasteiger charge is 2.16. The molecule has 0 aliphatic rings. The number of thioether (sulfide) groups is 1. The van der Waals surface area contributed by atoms with E-state index in [2.05, 4.69) is 55.4 Å². The third-order valence-electron chi connectivity index (χ3n) is 3.14. The van der Waals surface area contributed by atoms with Gasteiger partial charge in [-0.05, 0) is 30.7 Å². The number of aromatic nitrogens is 1. The Bertz CT molecular complexity index is 590. The molecule has 1 aromatic heterocycles. The van der Waals surface area contributed by atoms with E-state index in [0.29, 0.717) is 0 Å². The molecular formula is C16H23N3S. The second kappa shape index (κ2) is 6.12. The third kappa shape index (κ3) is 3.95. The summed E-state index contributed by atoms with van der Waals surface area (Å²) in [4.78, 5) is 4.53. The zero-order chi connectivity index (χ0) is 14.8. The zero-order valence-corrected chi connectivity index (χ0v) is 13.4. The van der Waals surface area contributed by atoms with E-state index in [4.69, 9.17) is 5.84 Å². The lowest BCUT2D eigenvalue weighted by Crippen LogP contribution is -2.30. The standard InChI is InChI=1S/C16H23N3S/c1-11-5-6-12-9-13(7-8-14(12)18-11)15(19-17)10-20-16(2,3)4/h5-9,15,19H,10,17H2,1-4H3. The maximum Gasteiger partial charge on any atom is 0.0705 e. The predicted molar refractivity (Wildman–Crippen MR) is 88.8 cm³/mol. The highest BCUT2D eigenvalue weighted by atomic mass is 32.2. The van der Waals surface area contributed by atoms with Gasteiger partial charge in [0.2, 0.25) is 0 Å². The van der Waals surface area contributed by atoms with Crippen LogP contribution in [0, 0.1) is 6.92 Å². The lowest BCUT2D eigenvalue weighted by atomic mass is 10.1. The van der Waals surface area contributed by atoms with Gasteiger partial charge in [0.15, 0.2) is 0 Å². The smallest absolute Gasteiger partial charge is 0.0705 e. The molecule has 0 saturated heterocycles. The van der Waals surface area contributed by atoms with Crippen molar-refractivity contribution in [2.24, 2.45) is 5.84 Å². The van der Waals surface area contributed by atoms with E-state index in [9.17, 15) is 0 Å². The maximum absolute atomic E-state index is 5.72. The Morgan fingerprint density at radius 3 is 2.65 bits per heavy atom. The van der Waals surface area contributed by atoms with E-state index >= 15 is 0 Å². The van der Waals surface area contributed by atoms with Crippen molar-refractivity contribution in [3.8, 4) is 0 Å². The van der Waals surface area contributed by atoms with Gasteiger partial charge in [0.05, 0.1) is 11.6 Å². The molecule has 2 aromatic rings. The fourth-order valence-corrected chi connectivity index (χ4v) is 2.99. The van der Waals surface area contributed by atoms with Crippen LogP contribution >= 0.6 is 11.8 Å². The van der Waals surface area contributed by atoms with Crippen LogP contribution in [-0.2, 0) is 0 Å². The number of pyridine rings is 1. The Labute approximate surface area is 125 Å². The molecule has 1 aromatic carbocycles. The zero-order valence-electron chi connectivity index (χ0n) is 12.6. The van der Waals surface area contributed by atoms with Crippen LogP contribution in [0.1, 0.15) is 38.1 Å². The molecule has 108 valence electrons. The molecule has 0 fully saturated rings. The van der Waals surface area contributed by atoms with Crippen molar-refractivity contribution < 1.29 is 0 Å². The van der Waals surface area contributed by atoms with Crippen molar-refractivity contribution in [1.82, 2.24) is 10.4 Å². The van der Waals surface area contributed by atoms with Crippen LogP contribution in [0.15, 0.2) is 30.3 Å².